The van der Waals surface area contributed by atoms with Gasteiger partial charge in [-0.3, -0.25) is 0 Å². The summed E-state index contributed by atoms with van der Waals surface area (Å²) in [5.41, 5.74) is 1.58. The van der Waals surface area contributed by atoms with Crippen LogP contribution in [-0.4, -0.2) is 0 Å². The lowest BCUT2D eigenvalue weighted by Gasteiger charge is -2.28. The molecule has 0 spiro atoms. The fourth-order valence-electron chi connectivity index (χ4n) is 2.88. The van der Waals surface area contributed by atoms with Gasteiger partial charge in [-0.15, -0.1) is 0 Å². The van der Waals surface area contributed by atoms with Gasteiger partial charge in [0.1, 0.15) is 0 Å². The second-order valence-corrected chi connectivity index (χ2v) is 8.96. The maximum atomic E-state index is 2.31. The Hall–Kier alpha value is -1.91. The first kappa shape index (κ1) is 16.0. The van der Waals surface area contributed by atoms with Crippen LogP contribution in [0, 0.1) is 0 Å². The minimum atomic E-state index is -0.531. The Labute approximate surface area is 141 Å². The third kappa shape index (κ3) is 3.54. The molecule has 0 aliphatic carbocycles. The molecule has 3 rings (SSSR count). The molecule has 23 heavy (non-hydrogen) atoms. The minimum Gasteiger partial charge on any atom is -0.0622 e. The molecule has 0 unspecified atom stereocenters. The van der Waals surface area contributed by atoms with E-state index >= 15 is 0 Å². The Kier molecular flexibility index (Phi) is 4.64. The third-order valence-electron chi connectivity index (χ3n) is 3.98. The Balaban J connectivity index is 2.22. The molecule has 0 saturated carbocycles. The summed E-state index contributed by atoms with van der Waals surface area (Å²) in [5, 5.41) is 4.28. The van der Waals surface area contributed by atoms with Gasteiger partial charge in [0.15, 0.2) is 0 Å². The first-order chi connectivity index (χ1) is 11.1. The predicted molar refractivity (Wildman–Crippen MR) is 104 cm³/mol. The average molecular weight is 318 g/mol. The summed E-state index contributed by atoms with van der Waals surface area (Å²) in [6.45, 7) is 6.90. The van der Waals surface area contributed by atoms with E-state index in [1.807, 2.05) is 0 Å². The van der Waals surface area contributed by atoms with Gasteiger partial charge in [-0.05, 0) is 34.8 Å². The third-order valence-corrected chi connectivity index (χ3v) is 6.48. The second kappa shape index (κ2) is 6.69. The first-order valence-corrected chi connectivity index (χ1v) is 9.41. The van der Waals surface area contributed by atoms with Crippen LogP contribution in [0.15, 0.2) is 84.9 Å². The predicted octanol–water partition coefficient (Wildman–Crippen LogP) is 4.74. The van der Waals surface area contributed by atoms with Crippen LogP contribution >= 0.6 is 7.92 Å². The molecular formula is C22H23P. The molecule has 0 fully saturated rings. The normalized spacial score (nSPS) is 11.7. The van der Waals surface area contributed by atoms with E-state index in [0.29, 0.717) is 0 Å². The van der Waals surface area contributed by atoms with E-state index in [1.165, 1.54) is 21.5 Å². The zero-order valence-corrected chi connectivity index (χ0v) is 14.9. The quantitative estimate of drug-likeness (QED) is 0.612. The van der Waals surface area contributed by atoms with Crippen molar-refractivity contribution in [2.45, 2.75) is 26.2 Å². The van der Waals surface area contributed by atoms with Crippen molar-refractivity contribution < 1.29 is 0 Å². The molecule has 0 atom stereocenters. The summed E-state index contributed by atoms with van der Waals surface area (Å²) in [4.78, 5) is 0. The van der Waals surface area contributed by atoms with E-state index in [9.17, 15) is 0 Å². The Bertz CT molecular complexity index is 715. The van der Waals surface area contributed by atoms with Crippen LogP contribution in [0.4, 0.5) is 0 Å². The number of hydrogen-bond acceptors (Lipinski definition) is 0. The summed E-state index contributed by atoms with van der Waals surface area (Å²) in [7, 11) is -0.531. The van der Waals surface area contributed by atoms with Crippen molar-refractivity contribution in [3.05, 3.63) is 90.5 Å². The van der Waals surface area contributed by atoms with Gasteiger partial charge >= 0.3 is 0 Å². The standard InChI is InChI=1S/C22H23P/c1-22(2,3)20-16-10-11-17-21(20)23(18-12-6-4-7-13-18)19-14-8-5-9-15-19/h4-17H,1-3H3. The molecule has 3 aromatic carbocycles. The van der Waals surface area contributed by atoms with Gasteiger partial charge in [0, 0.05) is 0 Å². The largest absolute Gasteiger partial charge is 0.0622 e. The highest BCUT2D eigenvalue weighted by Gasteiger charge is 2.24. The Morgan fingerprint density at radius 3 is 1.48 bits per heavy atom. The van der Waals surface area contributed by atoms with Gasteiger partial charge in [0.2, 0.25) is 0 Å². The highest BCUT2D eigenvalue weighted by atomic mass is 31.1. The monoisotopic (exact) mass is 318 g/mol. The maximum absolute atomic E-state index is 2.31. The van der Waals surface area contributed by atoms with Crippen molar-refractivity contribution in [2.75, 3.05) is 0 Å². The minimum absolute atomic E-state index is 0.140. The molecule has 0 heterocycles. The Morgan fingerprint density at radius 1 is 0.565 bits per heavy atom. The molecule has 0 radical (unpaired) electrons. The van der Waals surface area contributed by atoms with E-state index in [1.54, 1.807) is 0 Å². The summed E-state index contributed by atoms with van der Waals surface area (Å²) in [6, 6.07) is 30.8. The van der Waals surface area contributed by atoms with Crippen molar-refractivity contribution >= 4 is 23.8 Å². The lowest BCUT2D eigenvalue weighted by molar-refractivity contribution is 0.594. The molecule has 0 saturated heterocycles. The fourth-order valence-corrected chi connectivity index (χ4v) is 5.57. The van der Waals surface area contributed by atoms with Gasteiger partial charge in [0.25, 0.3) is 0 Å². The smallest absolute Gasteiger partial charge is 0.0114 e. The zero-order valence-electron chi connectivity index (χ0n) is 14.0. The highest BCUT2D eigenvalue weighted by molar-refractivity contribution is 7.79. The van der Waals surface area contributed by atoms with Crippen molar-refractivity contribution in [1.29, 1.82) is 0 Å². The Morgan fingerprint density at radius 2 is 1.00 bits per heavy atom. The molecular weight excluding hydrogens is 295 g/mol. The van der Waals surface area contributed by atoms with Gasteiger partial charge < -0.3 is 0 Å². The molecule has 0 bridgehead atoms. The molecule has 3 aromatic rings. The molecule has 0 nitrogen and oxygen atoms in total. The van der Waals surface area contributed by atoms with E-state index < -0.39 is 7.92 Å². The van der Waals surface area contributed by atoms with Gasteiger partial charge in [-0.25, -0.2) is 0 Å². The van der Waals surface area contributed by atoms with Crippen LogP contribution < -0.4 is 15.9 Å². The highest BCUT2D eigenvalue weighted by Crippen LogP contribution is 2.37. The van der Waals surface area contributed by atoms with Crippen LogP contribution in [0.3, 0.4) is 0 Å². The second-order valence-electron chi connectivity index (χ2n) is 6.77. The molecule has 0 aromatic heterocycles. The average Bonchev–Trinajstić information content (AvgIpc) is 2.57. The molecule has 0 aliphatic heterocycles. The van der Waals surface area contributed by atoms with Crippen molar-refractivity contribution in [1.82, 2.24) is 0 Å². The number of rotatable bonds is 3. The topological polar surface area (TPSA) is 0 Å². The molecule has 0 amide bonds. The lowest BCUT2D eigenvalue weighted by atomic mass is 9.87. The van der Waals surface area contributed by atoms with Crippen LogP contribution in [-0.2, 0) is 5.41 Å². The van der Waals surface area contributed by atoms with Crippen LogP contribution in [0.25, 0.3) is 0 Å². The summed E-state index contributed by atoms with van der Waals surface area (Å²) < 4.78 is 0. The number of hydrogen-bond donors (Lipinski definition) is 0. The van der Waals surface area contributed by atoms with E-state index in [4.69, 9.17) is 0 Å². The number of benzene rings is 3. The van der Waals surface area contributed by atoms with E-state index in [-0.39, 0.29) is 5.41 Å². The van der Waals surface area contributed by atoms with Crippen LogP contribution in [0.5, 0.6) is 0 Å². The zero-order chi connectivity index (χ0) is 16.3. The lowest BCUT2D eigenvalue weighted by Crippen LogP contribution is -2.28. The summed E-state index contributed by atoms with van der Waals surface area (Å²) in [5.74, 6) is 0. The molecule has 0 N–H and O–H groups in total. The van der Waals surface area contributed by atoms with E-state index in [2.05, 4.69) is 106 Å². The van der Waals surface area contributed by atoms with Gasteiger partial charge in [-0.1, -0.05) is 106 Å². The van der Waals surface area contributed by atoms with Crippen LogP contribution in [0.2, 0.25) is 0 Å². The molecule has 0 aliphatic rings. The van der Waals surface area contributed by atoms with Crippen molar-refractivity contribution in [3.8, 4) is 0 Å². The van der Waals surface area contributed by atoms with Crippen molar-refractivity contribution in [3.63, 3.8) is 0 Å². The summed E-state index contributed by atoms with van der Waals surface area (Å²) >= 11 is 0. The first-order valence-electron chi connectivity index (χ1n) is 8.07. The summed E-state index contributed by atoms with van der Waals surface area (Å²) in [6.07, 6.45) is 0. The fraction of sp³-hybridized carbons (Fsp3) is 0.182. The van der Waals surface area contributed by atoms with Gasteiger partial charge in [0.05, 0.1) is 0 Å². The van der Waals surface area contributed by atoms with Crippen molar-refractivity contribution in [2.24, 2.45) is 0 Å². The SMILES string of the molecule is CC(C)(C)c1ccccc1P(c1ccccc1)c1ccccc1. The maximum Gasteiger partial charge on any atom is -0.0114 e. The molecule has 116 valence electrons. The van der Waals surface area contributed by atoms with Gasteiger partial charge in [-0.2, -0.15) is 0 Å². The molecule has 1 heteroatoms. The van der Waals surface area contributed by atoms with Crippen LogP contribution in [0.1, 0.15) is 26.3 Å². The van der Waals surface area contributed by atoms with E-state index in [0.717, 1.165) is 0 Å².